The molecule has 1 spiro atoms. The molecule has 4 rings (SSSR count). The maximum atomic E-state index is 6.23. The molecule has 2 aliphatic rings. The van der Waals surface area contributed by atoms with Crippen LogP contribution in [0.5, 0.6) is 0 Å². The van der Waals surface area contributed by atoms with Crippen LogP contribution in [0.4, 0.5) is 5.69 Å². The Morgan fingerprint density at radius 1 is 1.33 bits per heavy atom. The van der Waals surface area contributed by atoms with Crippen molar-refractivity contribution in [3.8, 4) is 0 Å². The number of aryl methyl sites for hydroxylation is 1. The number of nitrogens with one attached hydrogen (secondary N) is 1. The van der Waals surface area contributed by atoms with Crippen molar-refractivity contribution in [1.82, 2.24) is 14.9 Å². The third kappa shape index (κ3) is 3.42. The van der Waals surface area contributed by atoms with Crippen LogP contribution in [0.2, 0.25) is 0 Å². The number of rotatable bonds is 4. The minimum absolute atomic E-state index is 0.00367. The van der Waals surface area contributed by atoms with Crippen molar-refractivity contribution in [2.24, 2.45) is 0 Å². The molecule has 5 heteroatoms. The fraction of sp³-hybridized carbons (Fsp3) is 0.474. The van der Waals surface area contributed by atoms with Crippen LogP contribution in [0, 0.1) is 6.92 Å². The molecule has 0 bridgehead atoms. The first-order valence-corrected chi connectivity index (χ1v) is 8.66. The molecule has 2 aliphatic heterocycles. The van der Waals surface area contributed by atoms with E-state index < -0.39 is 0 Å². The largest absolute Gasteiger partial charge is 0.379 e. The molecule has 24 heavy (non-hydrogen) atoms. The fourth-order valence-electron chi connectivity index (χ4n) is 3.88. The quantitative estimate of drug-likeness (QED) is 0.937. The average molecular weight is 324 g/mol. The van der Waals surface area contributed by atoms with Gasteiger partial charge in [-0.25, -0.2) is 0 Å². The number of pyridine rings is 2. The topological polar surface area (TPSA) is 50.3 Å². The Morgan fingerprint density at radius 3 is 3.12 bits per heavy atom. The predicted molar refractivity (Wildman–Crippen MR) is 93.8 cm³/mol. The van der Waals surface area contributed by atoms with Crippen LogP contribution in [0.15, 0.2) is 42.7 Å². The van der Waals surface area contributed by atoms with Crippen LogP contribution < -0.4 is 5.32 Å². The Kier molecular flexibility index (Phi) is 4.21. The Bertz CT molecular complexity index is 693. The lowest BCUT2D eigenvalue weighted by atomic mass is 9.97. The van der Waals surface area contributed by atoms with Crippen LogP contribution in [0.25, 0.3) is 0 Å². The highest BCUT2D eigenvalue weighted by atomic mass is 16.5. The number of aromatic nitrogens is 2. The summed E-state index contributed by atoms with van der Waals surface area (Å²) >= 11 is 0. The minimum Gasteiger partial charge on any atom is -0.379 e. The molecule has 1 N–H and O–H groups in total. The van der Waals surface area contributed by atoms with Crippen molar-refractivity contribution in [3.05, 3.63) is 54.1 Å². The van der Waals surface area contributed by atoms with Crippen molar-refractivity contribution in [2.45, 2.75) is 38.0 Å². The standard InChI is InChI=1S/C19H24N4O/c1-15-4-2-5-17(21-15)12-23-9-7-19(14-23)10-18(13-24-19)22-16-6-3-8-20-11-16/h2-6,8,11,18,22H,7,9-10,12-14H2,1H3/t18-,19+/m0/s1. The van der Waals surface area contributed by atoms with Crippen molar-refractivity contribution < 1.29 is 4.74 Å². The normalized spacial score (nSPS) is 27.0. The molecule has 0 aliphatic carbocycles. The zero-order chi connectivity index (χ0) is 16.4. The molecule has 5 nitrogen and oxygen atoms in total. The van der Waals surface area contributed by atoms with Gasteiger partial charge in [0.25, 0.3) is 0 Å². The molecule has 2 fully saturated rings. The summed E-state index contributed by atoms with van der Waals surface area (Å²) in [6.45, 7) is 5.80. The Labute approximate surface area is 143 Å². The molecule has 2 aromatic rings. The molecule has 0 unspecified atom stereocenters. The number of nitrogens with zero attached hydrogens (tertiary/aromatic N) is 3. The van der Waals surface area contributed by atoms with Gasteiger partial charge >= 0.3 is 0 Å². The smallest absolute Gasteiger partial charge is 0.0842 e. The van der Waals surface area contributed by atoms with Crippen LogP contribution in [-0.4, -0.2) is 46.2 Å². The summed E-state index contributed by atoms with van der Waals surface area (Å²) in [4.78, 5) is 11.3. The van der Waals surface area contributed by atoms with E-state index in [0.717, 1.165) is 56.2 Å². The van der Waals surface area contributed by atoms with E-state index >= 15 is 0 Å². The zero-order valence-electron chi connectivity index (χ0n) is 14.1. The number of ether oxygens (including phenoxy) is 1. The molecule has 126 valence electrons. The van der Waals surface area contributed by atoms with Gasteiger partial charge in [0.1, 0.15) is 0 Å². The first-order chi connectivity index (χ1) is 11.7. The van der Waals surface area contributed by atoms with Gasteiger partial charge in [-0.15, -0.1) is 0 Å². The predicted octanol–water partition coefficient (Wildman–Crippen LogP) is 2.63. The molecule has 2 aromatic heterocycles. The van der Waals surface area contributed by atoms with Crippen LogP contribution in [-0.2, 0) is 11.3 Å². The molecule has 0 radical (unpaired) electrons. The van der Waals surface area contributed by atoms with Crippen LogP contribution in [0.3, 0.4) is 0 Å². The first-order valence-electron chi connectivity index (χ1n) is 8.66. The summed E-state index contributed by atoms with van der Waals surface area (Å²) in [6, 6.07) is 10.6. The highest BCUT2D eigenvalue weighted by Crippen LogP contribution is 2.36. The van der Waals surface area contributed by atoms with E-state index in [1.807, 2.05) is 25.3 Å². The summed E-state index contributed by atoms with van der Waals surface area (Å²) < 4.78 is 6.23. The van der Waals surface area contributed by atoms with E-state index in [1.54, 1.807) is 6.20 Å². The number of hydrogen-bond acceptors (Lipinski definition) is 5. The molecule has 0 aromatic carbocycles. The third-order valence-corrected chi connectivity index (χ3v) is 4.97. The van der Waals surface area contributed by atoms with Gasteiger partial charge in [-0.3, -0.25) is 14.9 Å². The summed E-state index contributed by atoms with van der Waals surface area (Å²) in [5.74, 6) is 0. The monoisotopic (exact) mass is 324 g/mol. The van der Waals surface area contributed by atoms with Crippen molar-refractivity contribution in [2.75, 3.05) is 25.0 Å². The minimum atomic E-state index is 0.00367. The molecule has 2 saturated heterocycles. The number of hydrogen-bond donors (Lipinski definition) is 1. The highest BCUT2D eigenvalue weighted by molar-refractivity contribution is 5.41. The molecule has 0 amide bonds. The Hall–Kier alpha value is -1.98. The van der Waals surface area contributed by atoms with E-state index in [2.05, 4.69) is 38.4 Å². The van der Waals surface area contributed by atoms with Gasteiger partial charge in [0, 0.05) is 44.1 Å². The van der Waals surface area contributed by atoms with Crippen LogP contribution in [0.1, 0.15) is 24.2 Å². The summed E-state index contributed by atoms with van der Waals surface area (Å²) in [5.41, 5.74) is 3.31. The van der Waals surface area contributed by atoms with Crippen molar-refractivity contribution in [1.29, 1.82) is 0 Å². The molecule has 0 saturated carbocycles. The summed E-state index contributed by atoms with van der Waals surface area (Å²) in [5, 5.41) is 3.55. The van der Waals surface area contributed by atoms with E-state index in [1.165, 1.54) is 0 Å². The molecular formula is C19H24N4O. The van der Waals surface area contributed by atoms with Gasteiger partial charge in [0.05, 0.1) is 29.6 Å². The van der Waals surface area contributed by atoms with E-state index in [9.17, 15) is 0 Å². The lowest BCUT2D eigenvalue weighted by molar-refractivity contribution is 0.0119. The fourth-order valence-corrected chi connectivity index (χ4v) is 3.88. The van der Waals surface area contributed by atoms with Gasteiger partial charge < -0.3 is 10.1 Å². The lowest BCUT2D eigenvalue weighted by Gasteiger charge is -2.23. The van der Waals surface area contributed by atoms with E-state index in [4.69, 9.17) is 4.74 Å². The molecule has 2 atom stereocenters. The van der Waals surface area contributed by atoms with Gasteiger partial charge in [-0.2, -0.15) is 0 Å². The van der Waals surface area contributed by atoms with Crippen molar-refractivity contribution >= 4 is 5.69 Å². The van der Waals surface area contributed by atoms with Gasteiger partial charge in [-0.1, -0.05) is 6.07 Å². The second kappa shape index (κ2) is 6.49. The van der Waals surface area contributed by atoms with Gasteiger partial charge in [0.15, 0.2) is 0 Å². The summed E-state index contributed by atoms with van der Waals surface area (Å²) in [6.07, 6.45) is 5.82. The second-order valence-electron chi connectivity index (χ2n) is 7.01. The lowest BCUT2D eigenvalue weighted by Crippen LogP contribution is -2.33. The highest BCUT2D eigenvalue weighted by Gasteiger charge is 2.45. The molecule has 4 heterocycles. The maximum absolute atomic E-state index is 6.23. The molecular weight excluding hydrogens is 300 g/mol. The average Bonchev–Trinajstić information content (AvgIpc) is 3.15. The van der Waals surface area contributed by atoms with E-state index in [-0.39, 0.29) is 5.60 Å². The number of likely N-dealkylation sites (tertiary alicyclic amines) is 1. The Balaban J connectivity index is 1.34. The Morgan fingerprint density at radius 2 is 2.29 bits per heavy atom. The van der Waals surface area contributed by atoms with Gasteiger partial charge in [0.2, 0.25) is 0 Å². The van der Waals surface area contributed by atoms with Crippen LogP contribution >= 0.6 is 0 Å². The van der Waals surface area contributed by atoms with E-state index in [0.29, 0.717) is 6.04 Å². The SMILES string of the molecule is Cc1cccc(CN2CC[C@@]3(C[C@H](Nc4cccnc4)CO3)C2)n1. The second-order valence-corrected chi connectivity index (χ2v) is 7.01. The summed E-state index contributed by atoms with van der Waals surface area (Å²) in [7, 11) is 0. The maximum Gasteiger partial charge on any atom is 0.0842 e. The third-order valence-electron chi connectivity index (χ3n) is 4.97. The first kappa shape index (κ1) is 15.5. The number of anilines is 1. The zero-order valence-corrected chi connectivity index (χ0v) is 14.1. The van der Waals surface area contributed by atoms with Crippen molar-refractivity contribution in [3.63, 3.8) is 0 Å². The van der Waals surface area contributed by atoms with Gasteiger partial charge in [-0.05, 0) is 37.6 Å².